The molecular formula is C17H27BrOSi. The highest BCUT2D eigenvalue weighted by Crippen LogP contribution is 2.54. The molecule has 2 aliphatic rings. The largest absolute Gasteiger partial charge is 0.409 e. The molecular weight excluding hydrogens is 328 g/mol. The maximum Gasteiger partial charge on any atom is 0.199 e. The van der Waals surface area contributed by atoms with Gasteiger partial charge in [0.1, 0.15) is 0 Å². The molecule has 0 spiro atoms. The summed E-state index contributed by atoms with van der Waals surface area (Å²) in [7, 11) is -1.73. The van der Waals surface area contributed by atoms with Gasteiger partial charge < -0.3 is 4.43 Å². The van der Waals surface area contributed by atoms with Crippen molar-refractivity contribution in [2.24, 2.45) is 5.92 Å². The minimum atomic E-state index is -1.73. The number of allylic oxidation sites excluding steroid dienone is 2. The van der Waals surface area contributed by atoms with Crippen molar-refractivity contribution in [2.75, 3.05) is 0 Å². The fourth-order valence-electron chi connectivity index (χ4n) is 3.96. The molecule has 0 aromatic heterocycles. The normalized spacial score (nSPS) is 29.2. The number of rotatable bonds is 4. The quantitative estimate of drug-likeness (QED) is 0.447. The maximum absolute atomic E-state index is 6.81. The minimum absolute atomic E-state index is 0.219. The Morgan fingerprint density at radius 3 is 2.45 bits per heavy atom. The van der Waals surface area contributed by atoms with Crippen LogP contribution >= 0.6 is 15.9 Å². The van der Waals surface area contributed by atoms with E-state index in [1.807, 2.05) is 6.08 Å². The van der Waals surface area contributed by atoms with Crippen LogP contribution in [0.15, 0.2) is 34.9 Å². The number of hydrogen-bond acceptors (Lipinski definition) is 1. The summed E-state index contributed by atoms with van der Waals surface area (Å²) in [6, 6.07) is 1.25. The lowest BCUT2D eigenvalue weighted by Crippen LogP contribution is -2.53. The fraction of sp³-hybridized carbons (Fsp3) is 0.647. The third kappa shape index (κ3) is 2.53. The van der Waals surface area contributed by atoms with Crippen molar-refractivity contribution in [2.45, 2.75) is 63.8 Å². The van der Waals surface area contributed by atoms with Gasteiger partial charge in [0.05, 0.1) is 6.10 Å². The zero-order chi connectivity index (χ0) is 15.1. The molecule has 1 heterocycles. The smallest absolute Gasteiger partial charge is 0.199 e. The Bertz CT molecular complexity index is 442. The van der Waals surface area contributed by atoms with Crippen LogP contribution in [0.3, 0.4) is 0 Å². The first-order chi connectivity index (χ1) is 9.33. The Labute approximate surface area is 133 Å². The average Bonchev–Trinajstić information content (AvgIpc) is 2.64. The molecule has 0 bridgehead atoms. The highest BCUT2D eigenvalue weighted by Gasteiger charge is 2.52. The van der Waals surface area contributed by atoms with Gasteiger partial charge in [-0.3, -0.25) is 0 Å². The van der Waals surface area contributed by atoms with E-state index in [0.717, 1.165) is 12.8 Å². The standard InChI is InChI=1S/C17H27BrOSi/c1-7-8-15-16-14(9-13(6)17(16)18)10-20(19-15,11(2)3)12(4)5/h7,11-12,14-15H,1,6,8-10H2,2-5H3. The predicted molar refractivity (Wildman–Crippen MR) is 93.6 cm³/mol. The molecule has 1 saturated heterocycles. The molecule has 3 heteroatoms. The first-order valence-corrected chi connectivity index (χ1v) is 10.8. The van der Waals surface area contributed by atoms with Crippen LogP contribution in [-0.4, -0.2) is 14.4 Å². The summed E-state index contributed by atoms with van der Waals surface area (Å²) < 4.78 is 8.04. The molecule has 0 N–H and O–H groups in total. The van der Waals surface area contributed by atoms with Gasteiger partial charge in [-0.2, -0.15) is 0 Å². The van der Waals surface area contributed by atoms with Crippen LogP contribution in [0.1, 0.15) is 40.5 Å². The minimum Gasteiger partial charge on any atom is -0.409 e. The number of hydrogen-bond donors (Lipinski definition) is 0. The van der Waals surface area contributed by atoms with Gasteiger partial charge in [0, 0.05) is 4.48 Å². The van der Waals surface area contributed by atoms with Crippen molar-refractivity contribution in [3.63, 3.8) is 0 Å². The van der Waals surface area contributed by atoms with E-state index in [4.69, 9.17) is 4.43 Å². The zero-order valence-electron chi connectivity index (χ0n) is 13.2. The van der Waals surface area contributed by atoms with Crippen LogP contribution in [0.5, 0.6) is 0 Å². The highest BCUT2D eigenvalue weighted by atomic mass is 79.9. The summed E-state index contributed by atoms with van der Waals surface area (Å²) in [6.45, 7) is 17.6. The SMILES string of the molecule is C=CCC1O[Si](C(C)C)(C(C)C)CC2CC(=C)C(Br)=C21. The molecule has 1 aliphatic carbocycles. The summed E-state index contributed by atoms with van der Waals surface area (Å²) in [4.78, 5) is 0. The molecule has 0 radical (unpaired) electrons. The van der Waals surface area contributed by atoms with Gasteiger partial charge in [0.15, 0.2) is 8.32 Å². The second-order valence-corrected chi connectivity index (χ2v) is 12.5. The molecule has 112 valence electrons. The second kappa shape index (κ2) is 5.94. The zero-order valence-corrected chi connectivity index (χ0v) is 15.8. The molecule has 1 fully saturated rings. The van der Waals surface area contributed by atoms with Crippen LogP contribution < -0.4 is 0 Å². The highest BCUT2D eigenvalue weighted by molar-refractivity contribution is 9.12. The summed E-state index contributed by atoms with van der Waals surface area (Å²) >= 11 is 3.75. The molecule has 0 saturated carbocycles. The van der Waals surface area contributed by atoms with Crippen molar-refractivity contribution in [1.82, 2.24) is 0 Å². The van der Waals surface area contributed by atoms with Crippen molar-refractivity contribution in [3.8, 4) is 0 Å². The first kappa shape index (κ1) is 16.3. The van der Waals surface area contributed by atoms with Crippen LogP contribution in [0, 0.1) is 5.92 Å². The third-order valence-electron chi connectivity index (χ3n) is 5.11. The Kier molecular flexibility index (Phi) is 4.82. The van der Waals surface area contributed by atoms with E-state index in [-0.39, 0.29) is 6.10 Å². The molecule has 2 unspecified atom stereocenters. The molecule has 0 amide bonds. The predicted octanol–water partition coefficient (Wildman–Crippen LogP) is 5.95. The van der Waals surface area contributed by atoms with Crippen molar-refractivity contribution in [1.29, 1.82) is 0 Å². The average molecular weight is 355 g/mol. The Balaban J connectivity index is 2.42. The van der Waals surface area contributed by atoms with E-state index < -0.39 is 8.32 Å². The van der Waals surface area contributed by atoms with E-state index in [2.05, 4.69) is 56.8 Å². The molecule has 2 atom stereocenters. The summed E-state index contributed by atoms with van der Waals surface area (Å²) in [5.41, 5.74) is 4.02. The van der Waals surface area contributed by atoms with Gasteiger partial charge in [-0.15, -0.1) is 6.58 Å². The van der Waals surface area contributed by atoms with E-state index in [9.17, 15) is 0 Å². The van der Waals surface area contributed by atoms with E-state index in [1.54, 1.807) is 0 Å². The molecule has 1 aliphatic heterocycles. The third-order valence-corrected chi connectivity index (χ3v) is 11.9. The Morgan fingerprint density at radius 1 is 1.35 bits per heavy atom. The Hall–Kier alpha value is -0.123. The lowest BCUT2D eigenvalue weighted by molar-refractivity contribution is 0.180. The summed E-state index contributed by atoms with van der Waals surface area (Å²) in [5.74, 6) is 0.645. The van der Waals surface area contributed by atoms with Gasteiger partial charge in [-0.25, -0.2) is 0 Å². The molecule has 20 heavy (non-hydrogen) atoms. The van der Waals surface area contributed by atoms with Gasteiger partial charge in [-0.1, -0.05) is 56.3 Å². The molecule has 0 aromatic rings. The number of fused-ring (bicyclic) bond motifs is 1. The molecule has 2 rings (SSSR count). The lowest BCUT2D eigenvalue weighted by atomic mass is 9.96. The first-order valence-electron chi connectivity index (χ1n) is 7.69. The maximum atomic E-state index is 6.81. The molecule has 1 nitrogen and oxygen atoms in total. The van der Waals surface area contributed by atoms with E-state index >= 15 is 0 Å². The topological polar surface area (TPSA) is 9.23 Å². The van der Waals surface area contributed by atoms with Gasteiger partial charge in [0.2, 0.25) is 0 Å². The Morgan fingerprint density at radius 2 is 1.95 bits per heavy atom. The summed E-state index contributed by atoms with van der Waals surface area (Å²) in [5, 5.41) is 0. The van der Waals surface area contributed by atoms with Crippen LogP contribution in [0.2, 0.25) is 17.1 Å². The van der Waals surface area contributed by atoms with E-state index in [1.165, 1.54) is 21.7 Å². The lowest BCUT2D eigenvalue weighted by Gasteiger charge is -2.48. The van der Waals surface area contributed by atoms with Crippen molar-refractivity contribution >= 4 is 24.2 Å². The summed E-state index contributed by atoms with van der Waals surface area (Å²) in [6.07, 6.45) is 4.25. The van der Waals surface area contributed by atoms with Gasteiger partial charge in [0.25, 0.3) is 0 Å². The fourth-order valence-corrected chi connectivity index (χ4v) is 9.51. The van der Waals surface area contributed by atoms with Crippen molar-refractivity contribution < 1.29 is 4.43 Å². The monoisotopic (exact) mass is 354 g/mol. The van der Waals surface area contributed by atoms with E-state index in [0.29, 0.717) is 17.0 Å². The molecule has 0 aromatic carbocycles. The van der Waals surface area contributed by atoms with Crippen LogP contribution in [0.4, 0.5) is 0 Å². The van der Waals surface area contributed by atoms with Gasteiger partial charge in [-0.05, 0) is 47.0 Å². The van der Waals surface area contributed by atoms with Gasteiger partial charge >= 0.3 is 0 Å². The second-order valence-electron chi connectivity index (χ2n) is 6.87. The van der Waals surface area contributed by atoms with Crippen molar-refractivity contribution in [3.05, 3.63) is 34.9 Å². The van der Waals surface area contributed by atoms with Crippen LogP contribution in [-0.2, 0) is 4.43 Å². The van der Waals surface area contributed by atoms with Crippen LogP contribution in [0.25, 0.3) is 0 Å². The number of halogens is 1.